The number of amides is 1. The summed E-state index contributed by atoms with van der Waals surface area (Å²) in [5.74, 6) is 1.69. The highest BCUT2D eigenvalue weighted by Crippen LogP contribution is 2.32. The first-order chi connectivity index (χ1) is 11.8. The fourth-order valence-corrected chi connectivity index (χ4v) is 2.34. The van der Waals surface area contributed by atoms with Crippen molar-refractivity contribution in [1.29, 1.82) is 0 Å². The van der Waals surface area contributed by atoms with Gasteiger partial charge < -0.3 is 14.8 Å². The molecule has 0 unspecified atom stereocenters. The van der Waals surface area contributed by atoms with Crippen LogP contribution in [0.25, 0.3) is 5.95 Å². The van der Waals surface area contributed by atoms with Crippen LogP contribution in [0.4, 0.5) is 5.69 Å². The van der Waals surface area contributed by atoms with Crippen LogP contribution in [0.15, 0.2) is 49.3 Å². The van der Waals surface area contributed by atoms with Gasteiger partial charge in [0, 0.05) is 12.4 Å². The van der Waals surface area contributed by atoms with Crippen molar-refractivity contribution in [3.63, 3.8) is 0 Å². The van der Waals surface area contributed by atoms with E-state index in [0.717, 1.165) is 5.56 Å². The van der Waals surface area contributed by atoms with E-state index in [-0.39, 0.29) is 19.1 Å². The number of nitrogens with zero attached hydrogens (tertiary/aromatic N) is 4. The number of anilines is 1. The van der Waals surface area contributed by atoms with Crippen molar-refractivity contribution in [1.82, 2.24) is 19.5 Å². The molecular weight excluding hydrogens is 310 g/mol. The van der Waals surface area contributed by atoms with Crippen LogP contribution < -0.4 is 14.8 Å². The molecule has 8 heteroatoms. The zero-order valence-corrected chi connectivity index (χ0v) is 12.5. The zero-order chi connectivity index (χ0) is 16.4. The summed E-state index contributed by atoms with van der Waals surface area (Å²) >= 11 is 0. The highest BCUT2D eigenvalue weighted by molar-refractivity contribution is 5.92. The second kappa shape index (κ2) is 5.99. The third-order valence-electron chi connectivity index (χ3n) is 3.46. The largest absolute Gasteiger partial charge is 0.454 e. The molecule has 4 rings (SSSR count). The average Bonchev–Trinajstić information content (AvgIpc) is 3.26. The van der Waals surface area contributed by atoms with E-state index in [4.69, 9.17) is 9.47 Å². The molecule has 0 atom stereocenters. The van der Waals surface area contributed by atoms with Crippen molar-refractivity contribution >= 4 is 11.6 Å². The van der Waals surface area contributed by atoms with Gasteiger partial charge in [-0.15, -0.1) is 0 Å². The highest BCUT2D eigenvalue weighted by Gasteiger charge is 2.14. The normalized spacial score (nSPS) is 12.2. The standard InChI is InChI=1S/C16H13N5O3/c22-15(6-11-1-2-13-14(5-11)24-10-23-13)20-12-7-18-16(19-8-12)21-4-3-17-9-21/h1-5,7-9H,6,10H2,(H,20,22). The number of hydrogen-bond donors (Lipinski definition) is 1. The van der Waals surface area contributed by atoms with Crippen LogP contribution in [0.3, 0.4) is 0 Å². The summed E-state index contributed by atoms with van der Waals surface area (Å²) in [7, 11) is 0. The summed E-state index contributed by atoms with van der Waals surface area (Å²) in [5.41, 5.74) is 1.37. The molecule has 0 spiro atoms. The molecule has 0 saturated carbocycles. The van der Waals surface area contributed by atoms with Crippen LogP contribution in [0.2, 0.25) is 0 Å². The number of nitrogens with one attached hydrogen (secondary N) is 1. The number of hydrogen-bond acceptors (Lipinski definition) is 6. The van der Waals surface area contributed by atoms with E-state index in [0.29, 0.717) is 23.1 Å². The Morgan fingerprint density at radius 1 is 1.21 bits per heavy atom. The van der Waals surface area contributed by atoms with Crippen LogP contribution in [0.1, 0.15) is 5.56 Å². The van der Waals surface area contributed by atoms with Crippen molar-refractivity contribution in [2.75, 3.05) is 12.1 Å². The average molecular weight is 323 g/mol. The Hall–Kier alpha value is -3.42. The maximum atomic E-state index is 12.1. The monoisotopic (exact) mass is 323 g/mol. The summed E-state index contributed by atoms with van der Waals surface area (Å²) in [4.78, 5) is 24.5. The minimum Gasteiger partial charge on any atom is -0.454 e. The molecule has 1 N–H and O–H groups in total. The Balaban J connectivity index is 1.41. The molecule has 1 amide bonds. The van der Waals surface area contributed by atoms with Gasteiger partial charge in [0.25, 0.3) is 0 Å². The molecule has 8 nitrogen and oxygen atoms in total. The molecule has 1 aliphatic heterocycles. The molecule has 120 valence electrons. The molecule has 3 aromatic rings. The summed E-state index contributed by atoms with van der Waals surface area (Å²) in [6.07, 6.45) is 8.32. The molecule has 0 fully saturated rings. The SMILES string of the molecule is O=C(Cc1ccc2c(c1)OCO2)Nc1cnc(-n2ccnc2)nc1. The van der Waals surface area contributed by atoms with E-state index >= 15 is 0 Å². The van der Waals surface area contributed by atoms with E-state index in [1.165, 1.54) is 0 Å². The van der Waals surface area contributed by atoms with Gasteiger partial charge >= 0.3 is 0 Å². The molecule has 1 aliphatic rings. The minimum absolute atomic E-state index is 0.159. The number of rotatable bonds is 4. The first-order valence-electron chi connectivity index (χ1n) is 7.27. The van der Waals surface area contributed by atoms with Gasteiger partial charge in [0.2, 0.25) is 18.6 Å². The molecule has 24 heavy (non-hydrogen) atoms. The topological polar surface area (TPSA) is 91.2 Å². The lowest BCUT2D eigenvalue weighted by Gasteiger charge is -2.06. The van der Waals surface area contributed by atoms with E-state index in [2.05, 4.69) is 20.3 Å². The molecular formula is C16H13N5O3. The lowest BCUT2D eigenvalue weighted by molar-refractivity contribution is -0.115. The van der Waals surface area contributed by atoms with Crippen LogP contribution in [-0.2, 0) is 11.2 Å². The fourth-order valence-electron chi connectivity index (χ4n) is 2.34. The lowest BCUT2D eigenvalue weighted by atomic mass is 10.1. The molecule has 0 bridgehead atoms. The van der Waals surface area contributed by atoms with Gasteiger partial charge in [0.05, 0.1) is 24.5 Å². The maximum Gasteiger partial charge on any atom is 0.234 e. The number of benzene rings is 1. The van der Waals surface area contributed by atoms with Gasteiger partial charge in [-0.05, 0) is 17.7 Å². The van der Waals surface area contributed by atoms with Gasteiger partial charge in [-0.25, -0.2) is 15.0 Å². The molecule has 0 radical (unpaired) electrons. The van der Waals surface area contributed by atoms with Gasteiger partial charge in [0.1, 0.15) is 6.33 Å². The smallest absolute Gasteiger partial charge is 0.234 e. The number of carbonyl (C=O) groups excluding carboxylic acids is 1. The first-order valence-corrected chi connectivity index (χ1v) is 7.27. The first kappa shape index (κ1) is 14.2. The molecule has 3 heterocycles. The van der Waals surface area contributed by atoms with Gasteiger partial charge in [-0.3, -0.25) is 9.36 Å². The van der Waals surface area contributed by atoms with Crippen LogP contribution >= 0.6 is 0 Å². The number of aromatic nitrogens is 4. The molecule has 0 saturated heterocycles. The number of imidazole rings is 1. The Morgan fingerprint density at radius 2 is 2.04 bits per heavy atom. The van der Waals surface area contributed by atoms with E-state index < -0.39 is 0 Å². The summed E-state index contributed by atoms with van der Waals surface area (Å²) in [6.45, 7) is 0.214. The second-order valence-electron chi connectivity index (χ2n) is 5.15. The highest BCUT2D eigenvalue weighted by atomic mass is 16.7. The molecule has 1 aromatic carbocycles. The van der Waals surface area contributed by atoms with E-state index in [9.17, 15) is 4.79 Å². The minimum atomic E-state index is -0.159. The van der Waals surface area contributed by atoms with E-state index in [1.54, 1.807) is 47.8 Å². The van der Waals surface area contributed by atoms with Crippen LogP contribution in [0, 0.1) is 0 Å². The molecule has 0 aliphatic carbocycles. The third-order valence-corrected chi connectivity index (χ3v) is 3.46. The van der Waals surface area contributed by atoms with Crippen molar-refractivity contribution in [2.45, 2.75) is 6.42 Å². The van der Waals surface area contributed by atoms with Crippen molar-refractivity contribution < 1.29 is 14.3 Å². The summed E-state index contributed by atoms with van der Waals surface area (Å²) < 4.78 is 12.2. The number of fused-ring (bicyclic) bond motifs is 1. The number of carbonyl (C=O) groups is 1. The lowest BCUT2D eigenvalue weighted by Crippen LogP contribution is -2.15. The fraction of sp³-hybridized carbons (Fsp3) is 0.125. The zero-order valence-electron chi connectivity index (χ0n) is 12.5. The Kier molecular flexibility index (Phi) is 3.54. The predicted molar refractivity (Wildman–Crippen MR) is 84.1 cm³/mol. The second-order valence-corrected chi connectivity index (χ2v) is 5.15. The van der Waals surface area contributed by atoms with Crippen molar-refractivity contribution in [3.8, 4) is 17.4 Å². The van der Waals surface area contributed by atoms with E-state index in [1.807, 2.05) is 6.07 Å². The molecule has 2 aromatic heterocycles. The van der Waals surface area contributed by atoms with Crippen LogP contribution in [0.5, 0.6) is 11.5 Å². The Morgan fingerprint density at radius 3 is 2.83 bits per heavy atom. The Bertz CT molecular complexity index is 862. The summed E-state index contributed by atoms with van der Waals surface area (Å²) in [5, 5.41) is 2.77. The predicted octanol–water partition coefficient (Wildman–Crippen LogP) is 1.57. The van der Waals surface area contributed by atoms with Crippen LogP contribution in [-0.4, -0.2) is 32.2 Å². The quantitative estimate of drug-likeness (QED) is 0.784. The summed E-state index contributed by atoms with van der Waals surface area (Å²) in [6, 6.07) is 5.44. The third kappa shape index (κ3) is 2.89. The van der Waals surface area contributed by atoms with Gasteiger partial charge in [-0.2, -0.15) is 0 Å². The number of ether oxygens (including phenoxy) is 2. The van der Waals surface area contributed by atoms with Gasteiger partial charge in [-0.1, -0.05) is 6.07 Å². The van der Waals surface area contributed by atoms with Gasteiger partial charge in [0.15, 0.2) is 11.5 Å². The van der Waals surface area contributed by atoms with Crippen molar-refractivity contribution in [2.24, 2.45) is 0 Å². The Labute approximate surface area is 137 Å². The maximum absolute atomic E-state index is 12.1. The van der Waals surface area contributed by atoms with Crippen molar-refractivity contribution in [3.05, 3.63) is 54.9 Å².